The van der Waals surface area contributed by atoms with Crippen LogP contribution in [0.3, 0.4) is 0 Å². The number of ether oxygens (including phenoxy) is 1. The summed E-state index contributed by atoms with van der Waals surface area (Å²) < 4.78 is 42.6. The number of amides is 1. The van der Waals surface area contributed by atoms with Crippen LogP contribution in [0.1, 0.15) is 30.5 Å². The number of halogens is 4. The minimum absolute atomic E-state index is 0. The summed E-state index contributed by atoms with van der Waals surface area (Å²) in [6, 6.07) is -0.0932. The molecule has 1 aliphatic carbocycles. The van der Waals surface area contributed by atoms with Gasteiger partial charge in [0, 0.05) is 19.0 Å². The van der Waals surface area contributed by atoms with Crippen LogP contribution in [0.5, 0.6) is 0 Å². The van der Waals surface area contributed by atoms with Gasteiger partial charge >= 0.3 is 12.3 Å². The largest absolute Gasteiger partial charge is 0.450 e. The molecular formula is C15H23F3IN5O2S. The first kappa shape index (κ1) is 23.7. The SMILES string of the molecule is CCOC(=O)NC(CNC(=NC)NCc1nc(C(F)(F)F)cs1)C1CC1.I. The van der Waals surface area contributed by atoms with Crippen LogP contribution in [0.4, 0.5) is 18.0 Å². The lowest BCUT2D eigenvalue weighted by molar-refractivity contribution is -0.140. The molecule has 1 aromatic rings. The molecule has 1 amide bonds. The van der Waals surface area contributed by atoms with E-state index in [1.54, 1.807) is 14.0 Å². The normalized spacial score (nSPS) is 15.5. The Bertz CT molecular complexity index is 637. The van der Waals surface area contributed by atoms with Crippen LogP contribution in [-0.4, -0.2) is 43.3 Å². The number of alkyl halides is 3. The zero-order valence-corrected chi connectivity index (χ0v) is 18.1. The Kier molecular flexibility index (Phi) is 9.56. The van der Waals surface area contributed by atoms with Gasteiger partial charge in [0.1, 0.15) is 5.01 Å². The maximum atomic E-state index is 12.6. The molecule has 1 atom stereocenters. The van der Waals surface area contributed by atoms with E-state index >= 15 is 0 Å². The first-order valence-corrected chi connectivity index (χ1v) is 9.10. The Hall–Kier alpha value is -1.31. The van der Waals surface area contributed by atoms with Crippen LogP contribution in [-0.2, 0) is 17.5 Å². The van der Waals surface area contributed by atoms with Gasteiger partial charge in [-0.1, -0.05) is 0 Å². The molecular weight excluding hydrogens is 498 g/mol. The van der Waals surface area contributed by atoms with Gasteiger partial charge in [0.15, 0.2) is 11.7 Å². The topological polar surface area (TPSA) is 87.6 Å². The Morgan fingerprint density at radius 3 is 2.67 bits per heavy atom. The molecule has 1 aromatic heterocycles. The molecule has 12 heteroatoms. The number of hydrogen-bond acceptors (Lipinski definition) is 5. The number of nitrogens with one attached hydrogen (secondary N) is 3. The van der Waals surface area contributed by atoms with Crippen molar-refractivity contribution in [2.45, 2.75) is 38.5 Å². The Morgan fingerprint density at radius 1 is 1.44 bits per heavy atom. The number of aliphatic imine (C=N–C) groups is 1. The van der Waals surface area contributed by atoms with Crippen molar-refractivity contribution < 1.29 is 22.7 Å². The average Bonchev–Trinajstić information content (AvgIpc) is 3.30. The summed E-state index contributed by atoms with van der Waals surface area (Å²) in [4.78, 5) is 19.2. The van der Waals surface area contributed by atoms with E-state index in [4.69, 9.17) is 4.74 Å². The van der Waals surface area contributed by atoms with Crippen molar-refractivity contribution >= 4 is 47.4 Å². The van der Waals surface area contributed by atoms with E-state index in [9.17, 15) is 18.0 Å². The summed E-state index contributed by atoms with van der Waals surface area (Å²) in [7, 11) is 1.56. The van der Waals surface area contributed by atoms with E-state index in [2.05, 4.69) is 25.9 Å². The summed E-state index contributed by atoms with van der Waals surface area (Å²) in [5.74, 6) is 0.809. The second-order valence-corrected chi connectivity index (χ2v) is 6.68. The summed E-state index contributed by atoms with van der Waals surface area (Å²) in [5.41, 5.74) is -0.894. The summed E-state index contributed by atoms with van der Waals surface area (Å²) in [5, 5.41) is 10.1. The van der Waals surface area contributed by atoms with Gasteiger partial charge in [-0.2, -0.15) is 13.2 Å². The van der Waals surface area contributed by atoms with E-state index in [1.165, 1.54) is 0 Å². The number of hydrogen-bond donors (Lipinski definition) is 3. The molecule has 1 unspecified atom stereocenters. The molecule has 0 bridgehead atoms. The predicted octanol–water partition coefficient (Wildman–Crippen LogP) is 2.97. The highest BCUT2D eigenvalue weighted by Crippen LogP contribution is 2.32. The Labute approximate surface area is 176 Å². The molecule has 154 valence electrons. The summed E-state index contributed by atoms with van der Waals surface area (Å²) >= 11 is 0.932. The summed E-state index contributed by atoms with van der Waals surface area (Å²) in [6.07, 6.45) is -2.84. The minimum atomic E-state index is -4.44. The summed E-state index contributed by atoms with van der Waals surface area (Å²) in [6.45, 7) is 2.60. The van der Waals surface area contributed by atoms with E-state index in [0.29, 0.717) is 30.0 Å². The Balaban J connectivity index is 0.00000364. The predicted molar refractivity (Wildman–Crippen MR) is 107 cm³/mol. The molecule has 1 heterocycles. The third-order valence-corrected chi connectivity index (χ3v) is 4.58. The van der Waals surface area contributed by atoms with Crippen molar-refractivity contribution in [2.75, 3.05) is 20.2 Å². The number of carbonyl (C=O) groups is 1. The molecule has 27 heavy (non-hydrogen) atoms. The molecule has 3 N–H and O–H groups in total. The molecule has 0 spiro atoms. The fourth-order valence-electron chi connectivity index (χ4n) is 2.27. The van der Waals surface area contributed by atoms with Gasteiger partial charge in [-0.05, 0) is 25.7 Å². The van der Waals surface area contributed by atoms with Crippen molar-refractivity contribution in [1.82, 2.24) is 20.9 Å². The highest BCUT2D eigenvalue weighted by Gasteiger charge is 2.34. The van der Waals surface area contributed by atoms with Crippen LogP contribution in [0, 0.1) is 5.92 Å². The van der Waals surface area contributed by atoms with Crippen molar-refractivity contribution in [3.8, 4) is 0 Å². The molecule has 0 radical (unpaired) electrons. The lowest BCUT2D eigenvalue weighted by Gasteiger charge is -2.20. The molecule has 0 saturated heterocycles. The molecule has 1 aliphatic rings. The van der Waals surface area contributed by atoms with Gasteiger partial charge in [0.2, 0.25) is 0 Å². The van der Waals surface area contributed by atoms with E-state index in [1.807, 2.05) is 0 Å². The van der Waals surface area contributed by atoms with Gasteiger partial charge in [-0.15, -0.1) is 35.3 Å². The van der Waals surface area contributed by atoms with E-state index in [-0.39, 0.29) is 36.6 Å². The van der Waals surface area contributed by atoms with Crippen molar-refractivity contribution in [2.24, 2.45) is 10.9 Å². The standard InChI is InChI=1S/C15H22F3N5O2S.HI/c1-3-25-14(24)22-10(9-4-5-9)6-20-13(19-2)21-7-12-23-11(8-26-12)15(16,17)18;/h8-10H,3-7H2,1-2H3,(H,22,24)(H2,19,20,21);1H. The quantitative estimate of drug-likeness (QED) is 0.292. The monoisotopic (exact) mass is 521 g/mol. The molecule has 2 rings (SSSR count). The Morgan fingerprint density at radius 2 is 2.15 bits per heavy atom. The fraction of sp³-hybridized carbons (Fsp3) is 0.667. The lowest BCUT2D eigenvalue weighted by Crippen LogP contribution is -2.48. The van der Waals surface area contributed by atoms with Gasteiger partial charge in [0.05, 0.1) is 19.2 Å². The first-order chi connectivity index (χ1) is 12.3. The zero-order chi connectivity index (χ0) is 19.2. The number of guanidine groups is 1. The van der Waals surface area contributed by atoms with Crippen LogP contribution in [0.15, 0.2) is 10.4 Å². The van der Waals surface area contributed by atoms with Crippen LogP contribution in [0.25, 0.3) is 0 Å². The van der Waals surface area contributed by atoms with Gasteiger partial charge in [-0.25, -0.2) is 9.78 Å². The zero-order valence-electron chi connectivity index (χ0n) is 14.9. The highest BCUT2D eigenvalue weighted by molar-refractivity contribution is 14.0. The van der Waals surface area contributed by atoms with E-state index in [0.717, 1.165) is 29.6 Å². The van der Waals surface area contributed by atoms with Crippen molar-refractivity contribution in [3.05, 3.63) is 16.1 Å². The van der Waals surface area contributed by atoms with Gasteiger partial charge < -0.3 is 20.7 Å². The minimum Gasteiger partial charge on any atom is -0.450 e. The molecule has 1 fully saturated rings. The molecule has 1 saturated carbocycles. The second-order valence-electron chi connectivity index (χ2n) is 5.74. The third-order valence-electron chi connectivity index (χ3n) is 3.73. The highest BCUT2D eigenvalue weighted by atomic mass is 127. The second kappa shape index (κ2) is 10.9. The van der Waals surface area contributed by atoms with Crippen molar-refractivity contribution in [1.29, 1.82) is 0 Å². The van der Waals surface area contributed by atoms with Crippen LogP contribution in [0.2, 0.25) is 0 Å². The van der Waals surface area contributed by atoms with Gasteiger partial charge in [0.25, 0.3) is 0 Å². The van der Waals surface area contributed by atoms with Crippen LogP contribution >= 0.6 is 35.3 Å². The number of aromatic nitrogens is 1. The lowest BCUT2D eigenvalue weighted by atomic mass is 10.2. The molecule has 7 nitrogen and oxygen atoms in total. The molecule has 0 aromatic carbocycles. The van der Waals surface area contributed by atoms with Gasteiger partial charge in [-0.3, -0.25) is 4.99 Å². The molecule has 0 aliphatic heterocycles. The first-order valence-electron chi connectivity index (χ1n) is 8.22. The van der Waals surface area contributed by atoms with E-state index < -0.39 is 18.0 Å². The fourth-order valence-corrected chi connectivity index (χ4v) is 3.01. The number of thiazole rings is 1. The van der Waals surface area contributed by atoms with Crippen LogP contribution < -0.4 is 16.0 Å². The number of nitrogens with zero attached hydrogens (tertiary/aromatic N) is 2. The maximum Gasteiger partial charge on any atom is 0.434 e. The number of carbonyl (C=O) groups excluding carboxylic acids is 1. The number of alkyl carbamates (subject to hydrolysis) is 1. The number of rotatable bonds is 7. The maximum absolute atomic E-state index is 12.6. The third kappa shape index (κ3) is 8.07. The smallest absolute Gasteiger partial charge is 0.434 e. The average molecular weight is 521 g/mol. The van der Waals surface area contributed by atoms with Crippen molar-refractivity contribution in [3.63, 3.8) is 0 Å².